The molecule has 0 aliphatic carbocycles. The Hall–Kier alpha value is -3.31. The second-order valence-corrected chi connectivity index (χ2v) is 11.0. The van der Waals surface area contributed by atoms with Crippen LogP contribution in [0.25, 0.3) is 11.1 Å². The number of rotatable bonds is 4. The molecule has 5 rings (SSSR count). The third-order valence-electron chi connectivity index (χ3n) is 6.89. The maximum atomic E-state index is 11.4. The van der Waals surface area contributed by atoms with E-state index in [1.165, 1.54) is 29.2 Å². The monoisotopic (exact) mass is 470 g/mol. The fourth-order valence-corrected chi connectivity index (χ4v) is 5.54. The summed E-state index contributed by atoms with van der Waals surface area (Å²) in [6, 6.07) is 18.9. The predicted molar refractivity (Wildman–Crippen MR) is 140 cm³/mol. The largest absolute Gasteiger partial charge is 0.493 e. The van der Waals surface area contributed by atoms with Crippen LogP contribution in [0.3, 0.4) is 0 Å². The van der Waals surface area contributed by atoms with Gasteiger partial charge in [-0.3, -0.25) is 4.79 Å². The van der Waals surface area contributed by atoms with Crippen molar-refractivity contribution in [1.29, 1.82) is 0 Å². The Morgan fingerprint density at radius 3 is 2.46 bits per heavy atom. The first kappa shape index (κ1) is 23.4. The molecular weight excluding hydrogens is 436 g/mol. The molecule has 0 spiro atoms. The van der Waals surface area contributed by atoms with Crippen molar-refractivity contribution in [3.8, 4) is 22.6 Å². The molecule has 0 fully saturated rings. The lowest BCUT2D eigenvalue weighted by Gasteiger charge is -2.40. The van der Waals surface area contributed by atoms with Crippen LogP contribution in [0.5, 0.6) is 11.5 Å². The van der Waals surface area contributed by atoms with Gasteiger partial charge < -0.3 is 20.1 Å². The lowest BCUT2D eigenvalue weighted by Crippen LogP contribution is -2.48. The lowest BCUT2D eigenvalue weighted by molar-refractivity contribution is -0.114. The van der Waals surface area contributed by atoms with Gasteiger partial charge in [0.2, 0.25) is 5.91 Å². The van der Waals surface area contributed by atoms with E-state index in [0.29, 0.717) is 0 Å². The van der Waals surface area contributed by atoms with Crippen molar-refractivity contribution < 1.29 is 14.3 Å². The highest BCUT2D eigenvalue weighted by Crippen LogP contribution is 2.50. The van der Waals surface area contributed by atoms with Gasteiger partial charge in [-0.25, -0.2) is 0 Å². The molecule has 1 amide bonds. The molecule has 5 heteroatoms. The van der Waals surface area contributed by atoms with Gasteiger partial charge in [-0.05, 0) is 86.2 Å². The zero-order valence-electron chi connectivity index (χ0n) is 21.4. The quantitative estimate of drug-likeness (QED) is 0.487. The minimum atomic E-state index is -0.264. The van der Waals surface area contributed by atoms with Crippen LogP contribution in [0, 0.1) is 0 Å². The number of anilines is 1. The van der Waals surface area contributed by atoms with Gasteiger partial charge >= 0.3 is 0 Å². The fraction of sp³-hybridized carbons (Fsp3) is 0.367. The Kier molecular flexibility index (Phi) is 5.64. The van der Waals surface area contributed by atoms with Crippen molar-refractivity contribution in [2.75, 3.05) is 12.4 Å². The lowest BCUT2D eigenvalue weighted by atomic mass is 9.77. The van der Waals surface area contributed by atoms with E-state index in [2.05, 4.69) is 80.8 Å². The normalized spacial score (nSPS) is 19.3. The van der Waals surface area contributed by atoms with Crippen molar-refractivity contribution in [2.24, 2.45) is 0 Å². The average molecular weight is 471 g/mol. The molecule has 1 atom stereocenters. The van der Waals surface area contributed by atoms with Crippen LogP contribution in [0.4, 0.5) is 5.69 Å². The van der Waals surface area contributed by atoms with E-state index < -0.39 is 0 Å². The summed E-state index contributed by atoms with van der Waals surface area (Å²) in [5.41, 5.74) is 7.84. The molecule has 5 nitrogen and oxygen atoms in total. The van der Waals surface area contributed by atoms with E-state index in [9.17, 15) is 4.79 Å². The van der Waals surface area contributed by atoms with Gasteiger partial charge in [0, 0.05) is 30.1 Å². The van der Waals surface area contributed by atoms with E-state index in [-0.39, 0.29) is 23.1 Å². The summed E-state index contributed by atoms with van der Waals surface area (Å²) in [5, 5.41) is 6.76. The summed E-state index contributed by atoms with van der Waals surface area (Å²) in [4.78, 5) is 11.4. The Balaban J connectivity index is 1.59. The molecule has 0 saturated carbocycles. The number of hydrogen-bond acceptors (Lipinski definition) is 4. The Morgan fingerprint density at radius 2 is 1.77 bits per heavy atom. The highest BCUT2D eigenvalue weighted by molar-refractivity contribution is 5.89. The van der Waals surface area contributed by atoms with E-state index in [1.54, 1.807) is 7.11 Å². The van der Waals surface area contributed by atoms with Crippen molar-refractivity contribution >= 4 is 11.6 Å². The average Bonchev–Trinajstić information content (AvgIpc) is 3.12. The maximum Gasteiger partial charge on any atom is 0.221 e. The molecule has 35 heavy (non-hydrogen) atoms. The molecule has 3 aromatic rings. The molecule has 0 aromatic heterocycles. The van der Waals surface area contributed by atoms with Gasteiger partial charge in [0.05, 0.1) is 13.2 Å². The van der Waals surface area contributed by atoms with Gasteiger partial charge in [-0.15, -0.1) is 0 Å². The summed E-state index contributed by atoms with van der Waals surface area (Å²) in [5.74, 6) is 1.64. The highest BCUT2D eigenvalue weighted by atomic mass is 16.5. The number of hydrogen-bond donors (Lipinski definition) is 2. The number of benzene rings is 3. The summed E-state index contributed by atoms with van der Waals surface area (Å²) >= 11 is 0. The molecule has 2 N–H and O–H groups in total. The number of fused-ring (bicyclic) bond motifs is 3. The SMILES string of the molecule is COc1cc2c(c3c1OC(C)(C)C3)C(c1cccc(-c3ccc(NC(C)=O)cc3)c1)NC(C)(C)C2. The molecule has 0 saturated heterocycles. The second-order valence-electron chi connectivity index (χ2n) is 11.0. The van der Waals surface area contributed by atoms with E-state index >= 15 is 0 Å². The maximum absolute atomic E-state index is 11.4. The number of carbonyl (C=O) groups excluding carboxylic acids is 1. The summed E-state index contributed by atoms with van der Waals surface area (Å²) < 4.78 is 12.1. The zero-order valence-corrected chi connectivity index (χ0v) is 21.4. The van der Waals surface area contributed by atoms with Crippen molar-refractivity contribution in [3.63, 3.8) is 0 Å². The highest BCUT2D eigenvalue weighted by Gasteiger charge is 2.41. The molecule has 182 valence electrons. The van der Waals surface area contributed by atoms with Crippen LogP contribution in [0.1, 0.15) is 62.9 Å². The summed E-state index contributed by atoms with van der Waals surface area (Å²) in [6.45, 7) is 10.3. The van der Waals surface area contributed by atoms with Gasteiger partial charge in [0.15, 0.2) is 11.5 Å². The van der Waals surface area contributed by atoms with E-state index in [4.69, 9.17) is 9.47 Å². The first-order valence-electron chi connectivity index (χ1n) is 12.2. The number of methoxy groups -OCH3 is 1. The number of nitrogens with one attached hydrogen (secondary N) is 2. The van der Waals surface area contributed by atoms with Crippen LogP contribution in [0.15, 0.2) is 54.6 Å². The minimum absolute atomic E-state index is 0.0458. The molecular formula is C30H34N2O3. The molecule has 1 unspecified atom stereocenters. The smallest absolute Gasteiger partial charge is 0.221 e. The number of ether oxygens (including phenoxy) is 2. The molecule has 0 bridgehead atoms. The van der Waals surface area contributed by atoms with E-state index in [0.717, 1.165) is 41.2 Å². The number of amides is 1. The van der Waals surface area contributed by atoms with Crippen molar-refractivity contribution in [2.45, 2.75) is 64.6 Å². The first-order valence-corrected chi connectivity index (χ1v) is 12.2. The molecule has 3 aromatic carbocycles. The molecule has 2 aliphatic heterocycles. The fourth-order valence-electron chi connectivity index (χ4n) is 5.54. The first-order chi connectivity index (χ1) is 16.5. The van der Waals surface area contributed by atoms with Crippen LogP contribution >= 0.6 is 0 Å². The minimum Gasteiger partial charge on any atom is -0.493 e. The Bertz CT molecular complexity index is 1290. The Labute approximate surface area is 207 Å². The third-order valence-corrected chi connectivity index (χ3v) is 6.89. The zero-order chi connectivity index (χ0) is 25.0. The molecule has 2 aliphatic rings. The standard InChI is InChI=1S/C30H34N2O3/c1-18(33)31-23-12-10-19(11-13-23)20-8-7-9-21(14-20)27-26-22(16-29(2,3)32-27)15-25(34-6)28-24(26)17-30(4,5)35-28/h7-15,27,32H,16-17H2,1-6H3,(H,31,33). The van der Waals surface area contributed by atoms with Gasteiger partial charge in [0.1, 0.15) is 5.60 Å². The predicted octanol–water partition coefficient (Wildman–Crippen LogP) is 6.05. The Morgan fingerprint density at radius 1 is 1.03 bits per heavy atom. The van der Waals surface area contributed by atoms with Crippen LogP contribution in [-0.4, -0.2) is 24.2 Å². The molecule has 2 heterocycles. The van der Waals surface area contributed by atoms with E-state index in [1.807, 2.05) is 12.1 Å². The van der Waals surface area contributed by atoms with Gasteiger partial charge in [0.25, 0.3) is 0 Å². The van der Waals surface area contributed by atoms with Crippen molar-refractivity contribution in [1.82, 2.24) is 5.32 Å². The van der Waals surface area contributed by atoms with Crippen LogP contribution < -0.4 is 20.1 Å². The third kappa shape index (κ3) is 4.53. The summed E-state index contributed by atoms with van der Waals surface area (Å²) in [6.07, 6.45) is 1.78. The van der Waals surface area contributed by atoms with Crippen molar-refractivity contribution in [3.05, 3.63) is 76.9 Å². The molecule has 0 radical (unpaired) electrons. The second kappa shape index (κ2) is 8.42. The summed E-state index contributed by atoms with van der Waals surface area (Å²) in [7, 11) is 1.72. The topological polar surface area (TPSA) is 59.6 Å². The van der Waals surface area contributed by atoms with Gasteiger partial charge in [-0.2, -0.15) is 0 Å². The van der Waals surface area contributed by atoms with Crippen LogP contribution in [-0.2, 0) is 17.6 Å². The van der Waals surface area contributed by atoms with Crippen LogP contribution in [0.2, 0.25) is 0 Å². The number of carbonyl (C=O) groups is 1. The van der Waals surface area contributed by atoms with Gasteiger partial charge in [-0.1, -0.05) is 30.3 Å².